The molecule has 2 atom stereocenters. The van der Waals surface area contributed by atoms with Crippen LogP contribution in [0.4, 0.5) is 0 Å². The first-order valence-electron chi connectivity index (χ1n) is 26.1. The van der Waals surface area contributed by atoms with Gasteiger partial charge in [0.2, 0.25) is 5.91 Å². The number of ether oxygens (including phenoxy) is 1. The second-order valence-electron chi connectivity index (χ2n) is 17.9. The van der Waals surface area contributed by atoms with Gasteiger partial charge >= 0.3 is 5.97 Å². The molecule has 0 aliphatic heterocycles. The van der Waals surface area contributed by atoms with Crippen LogP contribution in [0.1, 0.15) is 277 Å². The first-order valence-corrected chi connectivity index (χ1v) is 26.1. The van der Waals surface area contributed by atoms with E-state index in [0.29, 0.717) is 19.4 Å². The van der Waals surface area contributed by atoms with E-state index in [-0.39, 0.29) is 18.5 Å². The SMILES string of the molecule is CCCCCCCCCCCCCCC/C=C/C(O)C(CO)NC(=O)CCCCCCC/C=C\CCCCCOC(=O)CCCCCCCCCCCCCCCCC. The maximum absolute atomic E-state index is 12.4. The molecule has 59 heavy (non-hydrogen) atoms. The Bertz CT molecular complexity index is 920. The maximum atomic E-state index is 12.4. The summed E-state index contributed by atoms with van der Waals surface area (Å²) in [6.07, 6.45) is 57.5. The molecule has 0 fully saturated rings. The number of allylic oxidation sites excluding steroid dienone is 3. The molecule has 6 nitrogen and oxygen atoms in total. The number of rotatable bonds is 48. The normalized spacial score (nSPS) is 12.8. The highest BCUT2D eigenvalue weighted by Crippen LogP contribution is 2.16. The molecule has 1 amide bonds. The third-order valence-electron chi connectivity index (χ3n) is 12.0. The van der Waals surface area contributed by atoms with Gasteiger partial charge in [0.1, 0.15) is 0 Å². The summed E-state index contributed by atoms with van der Waals surface area (Å²) < 4.78 is 5.45. The number of carbonyl (C=O) groups is 2. The van der Waals surface area contributed by atoms with Crippen molar-refractivity contribution in [3.05, 3.63) is 24.3 Å². The Balaban J connectivity index is 3.53. The van der Waals surface area contributed by atoms with Crippen LogP contribution in [-0.2, 0) is 14.3 Å². The van der Waals surface area contributed by atoms with E-state index in [9.17, 15) is 19.8 Å². The Hall–Kier alpha value is -1.66. The van der Waals surface area contributed by atoms with Crippen molar-refractivity contribution < 1.29 is 24.5 Å². The van der Waals surface area contributed by atoms with Gasteiger partial charge in [-0.05, 0) is 64.2 Å². The number of aliphatic hydroxyl groups is 2. The zero-order valence-electron chi connectivity index (χ0n) is 39.5. The molecule has 0 aliphatic rings. The van der Waals surface area contributed by atoms with Crippen molar-refractivity contribution in [2.24, 2.45) is 0 Å². The first-order chi connectivity index (χ1) is 29.0. The summed E-state index contributed by atoms with van der Waals surface area (Å²) in [6.45, 7) is 4.85. The Morgan fingerprint density at radius 1 is 0.458 bits per heavy atom. The number of esters is 1. The molecule has 6 heteroatoms. The van der Waals surface area contributed by atoms with Gasteiger partial charge in [-0.2, -0.15) is 0 Å². The van der Waals surface area contributed by atoms with Gasteiger partial charge in [-0.1, -0.05) is 224 Å². The molecule has 0 aromatic heterocycles. The van der Waals surface area contributed by atoms with E-state index in [1.54, 1.807) is 6.08 Å². The molecule has 0 bridgehead atoms. The van der Waals surface area contributed by atoms with Crippen molar-refractivity contribution >= 4 is 11.9 Å². The fourth-order valence-corrected chi connectivity index (χ4v) is 7.92. The van der Waals surface area contributed by atoms with Gasteiger partial charge < -0.3 is 20.3 Å². The van der Waals surface area contributed by atoms with Crippen molar-refractivity contribution in [1.29, 1.82) is 0 Å². The maximum Gasteiger partial charge on any atom is 0.305 e. The summed E-state index contributed by atoms with van der Waals surface area (Å²) in [6, 6.07) is -0.645. The predicted molar refractivity (Wildman–Crippen MR) is 255 cm³/mol. The second kappa shape index (κ2) is 49.0. The van der Waals surface area contributed by atoms with Gasteiger partial charge in [0, 0.05) is 12.8 Å². The molecule has 0 aromatic rings. The van der Waals surface area contributed by atoms with Gasteiger partial charge in [0.25, 0.3) is 0 Å². The third-order valence-corrected chi connectivity index (χ3v) is 12.0. The molecule has 0 rings (SSSR count). The lowest BCUT2D eigenvalue weighted by Gasteiger charge is -2.20. The highest BCUT2D eigenvalue weighted by atomic mass is 16.5. The van der Waals surface area contributed by atoms with E-state index in [1.165, 1.54) is 173 Å². The summed E-state index contributed by atoms with van der Waals surface area (Å²) in [7, 11) is 0. The van der Waals surface area contributed by atoms with E-state index in [2.05, 4.69) is 31.3 Å². The van der Waals surface area contributed by atoms with E-state index in [0.717, 1.165) is 77.0 Å². The molecular formula is C53H101NO5. The summed E-state index contributed by atoms with van der Waals surface area (Å²) in [4.78, 5) is 24.4. The first kappa shape index (κ1) is 57.3. The Morgan fingerprint density at radius 3 is 1.20 bits per heavy atom. The van der Waals surface area contributed by atoms with E-state index in [1.807, 2.05) is 6.08 Å². The van der Waals surface area contributed by atoms with Crippen molar-refractivity contribution in [3.8, 4) is 0 Å². The molecule has 348 valence electrons. The van der Waals surface area contributed by atoms with Crippen LogP contribution in [0.3, 0.4) is 0 Å². The molecular weight excluding hydrogens is 731 g/mol. The highest BCUT2D eigenvalue weighted by molar-refractivity contribution is 5.76. The number of hydrogen-bond donors (Lipinski definition) is 3. The number of hydrogen-bond acceptors (Lipinski definition) is 5. The standard InChI is InChI=1S/C53H101NO5/c1-3-5-7-9-11-13-15-17-19-21-25-29-33-37-41-45-51(56)50(49-55)54-52(57)46-42-38-34-30-26-23-24-28-32-36-40-44-48-59-53(58)47-43-39-35-31-27-22-20-18-16-14-12-10-8-6-4-2/h24,28,41,45,50-51,55-56H,3-23,25-27,29-40,42-44,46-49H2,1-2H3,(H,54,57)/b28-24-,45-41+. The van der Waals surface area contributed by atoms with Crippen LogP contribution in [-0.4, -0.2) is 47.4 Å². The zero-order valence-corrected chi connectivity index (χ0v) is 39.5. The topological polar surface area (TPSA) is 95.9 Å². The van der Waals surface area contributed by atoms with Crippen LogP contribution in [0.5, 0.6) is 0 Å². The second-order valence-corrected chi connectivity index (χ2v) is 17.9. The molecule has 0 heterocycles. The zero-order chi connectivity index (χ0) is 43.0. The third kappa shape index (κ3) is 45.7. The van der Waals surface area contributed by atoms with Crippen molar-refractivity contribution in [1.82, 2.24) is 5.32 Å². The van der Waals surface area contributed by atoms with Gasteiger partial charge in [-0.15, -0.1) is 0 Å². The minimum absolute atomic E-state index is 0.0217. The van der Waals surface area contributed by atoms with Crippen LogP contribution in [0.25, 0.3) is 0 Å². The molecule has 2 unspecified atom stereocenters. The predicted octanol–water partition coefficient (Wildman–Crippen LogP) is 15.5. The Kier molecular flexibility index (Phi) is 47.6. The smallest absolute Gasteiger partial charge is 0.305 e. The van der Waals surface area contributed by atoms with E-state index >= 15 is 0 Å². The minimum Gasteiger partial charge on any atom is -0.466 e. The average Bonchev–Trinajstić information content (AvgIpc) is 3.24. The van der Waals surface area contributed by atoms with Crippen molar-refractivity contribution in [2.75, 3.05) is 13.2 Å². The van der Waals surface area contributed by atoms with Crippen LogP contribution in [0.2, 0.25) is 0 Å². The molecule has 0 aromatic carbocycles. The Morgan fingerprint density at radius 2 is 0.797 bits per heavy atom. The Labute approximate surface area is 367 Å². The van der Waals surface area contributed by atoms with Gasteiger partial charge in [0.15, 0.2) is 0 Å². The molecule has 0 aliphatic carbocycles. The summed E-state index contributed by atoms with van der Waals surface area (Å²) in [5, 5.41) is 23.0. The van der Waals surface area contributed by atoms with Crippen LogP contribution in [0, 0.1) is 0 Å². The summed E-state index contributed by atoms with van der Waals surface area (Å²) in [5.74, 6) is -0.115. The molecule has 0 radical (unpaired) electrons. The lowest BCUT2D eigenvalue weighted by Crippen LogP contribution is -2.45. The van der Waals surface area contributed by atoms with Crippen LogP contribution >= 0.6 is 0 Å². The van der Waals surface area contributed by atoms with E-state index in [4.69, 9.17) is 4.74 Å². The van der Waals surface area contributed by atoms with Gasteiger partial charge in [0.05, 0.1) is 25.4 Å². The minimum atomic E-state index is -0.859. The molecule has 0 saturated heterocycles. The fraction of sp³-hybridized carbons (Fsp3) is 0.887. The van der Waals surface area contributed by atoms with Crippen LogP contribution < -0.4 is 5.32 Å². The van der Waals surface area contributed by atoms with E-state index < -0.39 is 12.1 Å². The number of carbonyl (C=O) groups excluding carboxylic acids is 2. The average molecular weight is 832 g/mol. The monoisotopic (exact) mass is 832 g/mol. The molecule has 3 N–H and O–H groups in total. The number of aliphatic hydroxyl groups excluding tert-OH is 2. The number of unbranched alkanes of at least 4 members (excludes halogenated alkanes) is 35. The van der Waals surface area contributed by atoms with Crippen LogP contribution in [0.15, 0.2) is 24.3 Å². The molecule has 0 saturated carbocycles. The molecule has 0 spiro atoms. The summed E-state index contributed by atoms with van der Waals surface area (Å²) in [5.41, 5.74) is 0. The van der Waals surface area contributed by atoms with Gasteiger partial charge in [-0.3, -0.25) is 9.59 Å². The van der Waals surface area contributed by atoms with Gasteiger partial charge in [-0.25, -0.2) is 0 Å². The fourth-order valence-electron chi connectivity index (χ4n) is 7.92. The number of nitrogens with one attached hydrogen (secondary N) is 1. The van der Waals surface area contributed by atoms with Crippen molar-refractivity contribution in [3.63, 3.8) is 0 Å². The number of amides is 1. The quantitative estimate of drug-likeness (QED) is 0.0322. The lowest BCUT2D eigenvalue weighted by atomic mass is 10.0. The largest absolute Gasteiger partial charge is 0.466 e. The highest BCUT2D eigenvalue weighted by Gasteiger charge is 2.18. The lowest BCUT2D eigenvalue weighted by molar-refractivity contribution is -0.143. The summed E-state index contributed by atoms with van der Waals surface area (Å²) >= 11 is 0. The van der Waals surface area contributed by atoms with Crippen molar-refractivity contribution in [2.45, 2.75) is 289 Å².